The van der Waals surface area contributed by atoms with Gasteiger partial charge in [-0.05, 0) is 12.8 Å². The summed E-state index contributed by atoms with van der Waals surface area (Å²) in [4.78, 5) is 18.5. The second-order valence-corrected chi connectivity index (χ2v) is 10.7. The molecule has 0 radical (unpaired) electrons. The molecule has 2 aromatic rings. The number of nitrogens with two attached hydrogens (primary N) is 1. The third kappa shape index (κ3) is 4.31. The molecule has 4 N–H and O–H groups in total. The van der Waals surface area contributed by atoms with Crippen LogP contribution in [-0.4, -0.2) is 78.5 Å². The summed E-state index contributed by atoms with van der Waals surface area (Å²) in [5.41, 5.74) is 6.17. The number of alkyl halides is 1. The second kappa shape index (κ2) is 8.74. The smallest absolute Gasteiger partial charge is 0.263 e. The number of amides is 1. The van der Waals surface area contributed by atoms with Gasteiger partial charge in [0, 0.05) is 33.7 Å². The molecule has 1 saturated heterocycles. The molecule has 0 bridgehead atoms. The molecule has 0 saturated carbocycles. The topological polar surface area (TPSA) is 138 Å². The molecule has 2 aliphatic heterocycles. The molecule has 0 aliphatic carbocycles. The molecule has 4 rings (SSSR count). The van der Waals surface area contributed by atoms with Gasteiger partial charge in [0.1, 0.15) is 23.2 Å². The number of nitrogens with zero attached hydrogens (tertiary/aromatic N) is 5. The highest BCUT2D eigenvalue weighted by Crippen LogP contribution is 2.34. The summed E-state index contributed by atoms with van der Waals surface area (Å²) in [5.74, 6) is -1.08. The first-order valence-electron chi connectivity index (χ1n) is 10.4. The molecule has 11 nitrogen and oxygen atoms in total. The zero-order valence-corrected chi connectivity index (χ0v) is 19.1. The monoisotopic (exact) mass is 484 g/mol. The van der Waals surface area contributed by atoms with Gasteiger partial charge in [0.15, 0.2) is 11.6 Å². The van der Waals surface area contributed by atoms with Crippen LogP contribution < -0.4 is 21.3 Å². The average molecular weight is 485 g/mol. The lowest BCUT2D eigenvalue weighted by Crippen LogP contribution is -2.43. The Kier molecular flexibility index (Phi) is 6.14. The van der Waals surface area contributed by atoms with Crippen molar-refractivity contribution in [2.45, 2.75) is 30.8 Å². The van der Waals surface area contributed by atoms with Gasteiger partial charge in [-0.25, -0.2) is 26.2 Å². The summed E-state index contributed by atoms with van der Waals surface area (Å²) in [6, 6.07) is 0. The minimum atomic E-state index is -3.42. The molecule has 1 amide bonds. The van der Waals surface area contributed by atoms with Crippen LogP contribution >= 0.6 is 0 Å². The van der Waals surface area contributed by atoms with Gasteiger partial charge in [-0.2, -0.15) is 5.10 Å². The van der Waals surface area contributed by atoms with Gasteiger partial charge in [0.05, 0.1) is 29.9 Å². The fourth-order valence-electron chi connectivity index (χ4n) is 4.18. The number of anilines is 4. The Hall–Kier alpha value is -3.00. The van der Waals surface area contributed by atoms with E-state index in [0.717, 1.165) is 6.20 Å². The number of nitrogen functional groups attached to an aromatic ring is 1. The van der Waals surface area contributed by atoms with Crippen LogP contribution in [-0.2, 0) is 16.6 Å². The predicted molar refractivity (Wildman–Crippen MR) is 120 cm³/mol. The number of rotatable bonds is 5. The van der Waals surface area contributed by atoms with Gasteiger partial charge in [0.2, 0.25) is 10.0 Å². The molecule has 33 heavy (non-hydrogen) atoms. The molecule has 4 heterocycles. The summed E-state index contributed by atoms with van der Waals surface area (Å²) in [5, 5.41) is 8.90. The van der Waals surface area contributed by atoms with Crippen LogP contribution in [0, 0.1) is 5.82 Å². The van der Waals surface area contributed by atoms with E-state index in [1.807, 2.05) is 0 Å². The highest BCUT2D eigenvalue weighted by molar-refractivity contribution is 7.89. The molecule has 1 atom stereocenters. The van der Waals surface area contributed by atoms with E-state index in [1.165, 1.54) is 29.3 Å². The first-order chi connectivity index (χ1) is 15.6. The SMILES string of the molecule is CN(C)S(=O)(=O)C1CCN(c2c(F)cncc2NC(=O)c2c(N)nn3c2NCC(F)C3)CC1. The van der Waals surface area contributed by atoms with Crippen LogP contribution in [0.4, 0.5) is 31.8 Å². The lowest BCUT2D eigenvalue weighted by atomic mass is 10.1. The quantitative estimate of drug-likeness (QED) is 0.569. The Bertz CT molecular complexity index is 1160. The van der Waals surface area contributed by atoms with Gasteiger partial charge in [-0.1, -0.05) is 0 Å². The van der Waals surface area contributed by atoms with Gasteiger partial charge in [0.25, 0.3) is 5.91 Å². The van der Waals surface area contributed by atoms with Crippen molar-refractivity contribution in [3.05, 3.63) is 23.8 Å². The van der Waals surface area contributed by atoms with Crippen molar-refractivity contribution in [3.8, 4) is 0 Å². The largest absolute Gasteiger partial charge is 0.381 e. The number of carbonyl (C=O) groups excluding carboxylic acids is 1. The Morgan fingerprint density at radius 3 is 2.67 bits per heavy atom. The number of hydrogen-bond donors (Lipinski definition) is 3. The van der Waals surface area contributed by atoms with E-state index in [0.29, 0.717) is 18.7 Å². The van der Waals surface area contributed by atoms with Crippen molar-refractivity contribution in [1.82, 2.24) is 19.1 Å². The normalized spacial score (nSPS) is 19.3. The van der Waals surface area contributed by atoms with Crippen LogP contribution in [0.1, 0.15) is 23.2 Å². The predicted octanol–water partition coefficient (Wildman–Crippen LogP) is 0.876. The summed E-state index contributed by atoms with van der Waals surface area (Å²) < 4.78 is 55.8. The lowest BCUT2D eigenvalue weighted by Gasteiger charge is -2.35. The minimum Gasteiger partial charge on any atom is -0.381 e. The Morgan fingerprint density at radius 1 is 1.30 bits per heavy atom. The zero-order chi connectivity index (χ0) is 23.9. The van der Waals surface area contributed by atoms with Gasteiger partial charge in [-0.15, -0.1) is 0 Å². The maximum Gasteiger partial charge on any atom is 0.263 e. The third-order valence-corrected chi connectivity index (χ3v) is 8.21. The number of nitrogens with one attached hydrogen (secondary N) is 2. The summed E-state index contributed by atoms with van der Waals surface area (Å²) in [7, 11) is -0.443. The van der Waals surface area contributed by atoms with Crippen LogP contribution in [0.5, 0.6) is 0 Å². The number of aromatic nitrogens is 3. The average Bonchev–Trinajstić information content (AvgIpc) is 3.08. The van der Waals surface area contributed by atoms with Crippen LogP contribution in [0.3, 0.4) is 0 Å². The maximum atomic E-state index is 14.8. The van der Waals surface area contributed by atoms with E-state index < -0.39 is 33.2 Å². The lowest BCUT2D eigenvalue weighted by molar-refractivity contribution is 0.102. The molecular formula is C19H26F2N8O3S. The van der Waals surface area contributed by atoms with E-state index in [1.54, 1.807) is 4.90 Å². The van der Waals surface area contributed by atoms with Crippen molar-refractivity contribution in [2.24, 2.45) is 0 Å². The molecule has 0 aromatic carbocycles. The van der Waals surface area contributed by atoms with Crippen LogP contribution in [0.15, 0.2) is 12.4 Å². The summed E-state index contributed by atoms with van der Waals surface area (Å²) in [6.07, 6.45) is 1.82. The summed E-state index contributed by atoms with van der Waals surface area (Å²) >= 11 is 0. The molecule has 180 valence electrons. The number of sulfonamides is 1. The van der Waals surface area contributed by atoms with Crippen molar-refractivity contribution >= 4 is 38.9 Å². The molecule has 0 spiro atoms. The van der Waals surface area contributed by atoms with E-state index in [-0.39, 0.29) is 48.9 Å². The number of fused-ring (bicyclic) bond motifs is 1. The number of pyridine rings is 1. The standard InChI is InChI=1S/C19H26F2N8O3S/c1-27(2)33(31,32)12-3-5-28(6-4-12)16-13(21)8-23-9-14(16)25-19(30)15-17(22)26-29-10-11(20)7-24-18(15)29/h8-9,11-12,24H,3-7,10H2,1-2H3,(H2,22,26)(H,25,30). The highest BCUT2D eigenvalue weighted by atomic mass is 32.2. The second-order valence-electron chi connectivity index (χ2n) is 8.25. The van der Waals surface area contributed by atoms with Gasteiger partial charge in [-0.3, -0.25) is 9.78 Å². The maximum absolute atomic E-state index is 14.8. The van der Waals surface area contributed by atoms with E-state index in [9.17, 15) is 22.0 Å². The van der Waals surface area contributed by atoms with Crippen LogP contribution in [0.2, 0.25) is 0 Å². The molecule has 2 aromatic heterocycles. The number of piperidine rings is 1. The first kappa shape index (κ1) is 23.2. The molecule has 1 fully saturated rings. The van der Waals surface area contributed by atoms with Crippen molar-refractivity contribution in [3.63, 3.8) is 0 Å². The highest BCUT2D eigenvalue weighted by Gasteiger charge is 2.34. The zero-order valence-electron chi connectivity index (χ0n) is 18.3. The molecule has 2 aliphatic rings. The van der Waals surface area contributed by atoms with Crippen molar-refractivity contribution < 1.29 is 22.0 Å². The first-order valence-corrected chi connectivity index (χ1v) is 11.9. The molecule has 1 unspecified atom stereocenters. The number of halogens is 2. The van der Waals surface area contributed by atoms with Crippen molar-refractivity contribution in [1.29, 1.82) is 0 Å². The third-order valence-electron chi connectivity index (χ3n) is 5.88. The van der Waals surface area contributed by atoms with E-state index >= 15 is 0 Å². The number of hydrogen-bond acceptors (Lipinski definition) is 8. The molecule has 14 heteroatoms. The molecular weight excluding hydrogens is 458 g/mol. The minimum absolute atomic E-state index is 0.0169. The Labute approximate surface area is 190 Å². The fourth-order valence-corrected chi connectivity index (χ4v) is 5.58. The van der Waals surface area contributed by atoms with Crippen molar-refractivity contribution in [2.75, 3.05) is 55.0 Å². The Balaban J connectivity index is 1.56. The summed E-state index contributed by atoms with van der Waals surface area (Å²) in [6.45, 7) is 0.555. The van der Waals surface area contributed by atoms with E-state index in [2.05, 4.69) is 20.7 Å². The fraction of sp³-hybridized carbons (Fsp3) is 0.526. The van der Waals surface area contributed by atoms with E-state index in [4.69, 9.17) is 5.73 Å². The number of carbonyl (C=O) groups is 1. The van der Waals surface area contributed by atoms with Crippen LogP contribution in [0.25, 0.3) is 0 Å². The Morgan fingerprint density at radius 2 is 2.00 bits per heavy atom. The van der Waals surface area contributed by atoms with Gasteiger partial charge < -0.3 is 21.3 Å². The van der Waals surface area contributed by atoms with Gasteiger partial charge >= 0.3 is 0 Å².